The lowest BCUT2D eigenvalue weighted by Gasteiger charge is -2.10. The maximum atomic E-state index is 13.5. The Balaban J connectivity index is 1.96. The van der Waals surface area contributed by atoms with E-state index in [2.05, 4.69) is 16.0 Å². The van der Waals surface area contributed by atoms with Crippen molar-refractivity contribution in [3.63, 3.8) is 0 Å². The average Bonchev–Trinajstić information content (AvgIpc) is 2.55. The first kappa shape index (κ1) is 19.0. The maximum absolute atomic E-state index is 13.5. The second-order valence-corrected chi connectivity index (χ2v) is 5.23. The summed E-state index contributed by atoms with van der Waals surface area (Å²) in [6, 6.07) is 5.94. The Morgan fingerprint density at radius 2 is 1.65 bits per heavy atom. The molecule has 0 bridgehead atoms. The molecule has 2 aromatic rings. The molecule has 0 saturated heterocycles. The Labute approximate surface area is 146 Å². The zero-order chi connectivity index (χ0) is 19.3. The van der Waals surface area contributed by atoms with E-state index in [9.17, 15) is 27.6 Å². The van der Waals surface area contributed by atoms with Crippen molar-refractivity contribution in [3.05, 3.63) is 59.4 Å². The Hall–Kier alpha value is -3.36. The fourth-order valence-corrected chi connectivity index (χ4v) is 2.02. The number of nitrogens with one attached hydrogen (secondary N) is 3. The minimum atomic E-state index is -1.05. The SMILES string of the molecule is CC(=O)Nc1cc(NC(=O)CNC(=O)c2ccc(F)cc2F)ccc1F. The van der Waals surface area contributed by atoms with Crippen LogP contribution in [0.3, 0.4) is 0 Å². The zero-order valence-corrected chi connectivity index (χ0v) is 13.5. The van der Waals surface area contributed by atoms with Crippen LogP contribution in [0.5, 0.6) is 0 Å². The van der Waals surface area contributed by atoms with E-state index in [0.29, 0.717) is 6.07 Å². The molecule has 9 heteroatoms. The molecule has 0 aliphatic rings. The zero-order valence-electron chi connectivity index (χ0n) is 13.5. The average molecular weight is 365 g/mol. The van der Waals surface area contributed by atoms with Crippen LogP contribution in [0.2, 0.25) is 0 Å². The Kier molecular flexibility index (Phi) is 5.94. The minimum absolute atomic E-state index is 0.118. The van der Waals surface area contributed by atoms with Crippen LogP contribution in [-0.4, -0.2) is 24.3 Å². The molecule has 0 heterocycles. The fraction of sp³-hybridized carbons (Fsp3) is 0.118. The van der Waals surface area contributed by atoms with E-state index in [1.807, 2.05) is 0 Å². The van der Waals surface area contributed by atoms with Gasteiger partial charge in [-0.1, -0.05) is 0 Å². The van der Waals surface area contributed by atoms with E-state index in [1.165, 1.54) is 19.1 Å². The van der Waals surface area contributed by atoms with Gasteiger partial charge in [-0.05, 0) is 30.3 Å². The van der Waals surface area contributed by atoms with E-state index in [4.69, 9.17) is 0 Å². The molecule has 2 aromatic carbocycles. The highest BCUT2D eigenvalue weighted by Gasteiger charge is 2.14. The first-order chi connectivity index (χ1) is 12.3. The summed E-state index contributed by atoms with van der Waals surface area (Å²) in [4.78, 5) is 34.6. The van der Waals surface area contributed by atoms with Gasteiger partial charge in [-0.2, -0.15) is 0 Å². The van der Waals surface area contributed by atoms with Gasteiger partial charge in [-0.3, -0.25) is 14.4 Å². The molecule has 6 nitrogen and oxygen atoms in total. The van der Waals surface area contributed by atoms with Gasteiger partial charge in [0.1, 0.15) is 17.5 Å². The molecular formula is C17H14F3N3O3. The number of rotatable bonds is 5. The standard InChI is InChI=1S/C17H14F3N3O3/c1-9(24)22-15-7-11(3-5-13(15)19)23-16(25)8-21-17(26)12-4-2-10(18)6-14(12)20/h2-7H,8H2,1H3,(H,21,26)(H,22,24)(H,23,25). The summed E-state index contributed by atoms with van der Waals surface area (Å²) in [6.07, 6.45) is 0. The van der Waals surface area contributed by atoms with Crippen molar-refractivity contribution in [1.29, 1.82) is 0 Å². The van der Waals surface area contributed by atoms with E-state index in [0.717, 1.165) is 18.2 Å². The molecule has 26 heavy (non-hydrogen) atoms. The van der Waals surface area contributed by atoms with Gasteiger partial charge in [-0.25, -0.2) is 13.2 Å². The Morgan fingerprint density at radius 3 is 2.31 bits per heavy atom. The van der Waals surface area contributed by atoms with Crippen LogP contribution >= 0.6 is 0 Å². The minimum Gasteiger partial charge on any atom is -0.343 e. The van der Waals surface area contributed by atoms with Gasteiger partial charge in [-0.15, -0.1) is 0 Å². The largest absolute Gasteiger partial charge is 0.343 e. The molecule has 0 unspecified atom stereocenters. The van der Waals surface area contributed by atoms with Gasteiger partial charge in [0, 0.05) is 18.7 Å². The van der Waals surface area contributed by atoms with Gasteiger partial charge in [0.25, 0.3) is 5.91 Å². The lowest BCUT2D eigenvalue weighted by molar-refractivity contribution is -0.115. The van der Waals surface area contributed by atoms with Gasteiger partial charge in [0.2, 0.25) is 11.8 Å². The number of hydrogen-bond donors (Lipinski definition) is 3. The predicted octanol–water partition coefficient (Wildman–Crippen LogP) is 2.43. The van der Waals surface area contributed by atoms with E-state index >= 15 is 0 Å². The number of carbonyl (C=O) groups excluding carboxylic acids is 3. The van der Waals surface area contributed by atoms with Crippen molar-refractivity contribution < 1.29 is 27.6 Å². The van der Waals surface area contributed by atoms with Crippen LogP contribution in [0.25, 0.3) is 0 Å². The molecule has 0 spiro atoms. The number of amides is 3. The highest BCUT2D eigenvalue weighted by Crippen LogP contribution is 2.19. The number of benzene rings is 2. The van der Waals surface area contributed by atoms with Crippen molar-refractivity contribution in [2.75, 3.05) is 17.2 Å². The molecule has 0 fully saturated rings. The van der Waals surface area contributed by atoms with E-state index in [1.54, 1.807) is 0 Å². The van der Waals surface area contributed by atoms with Gasteiger partial charge >= 0.3 is 0 Å². The third-order valence-corrected chi connectivity index (χ3v) is 3.15. The summed E-state index contributed by atoms with van der Waals surface area (Å²) in [5.41, 5.74) is -0.344. The smallest absolute Gasteiger partial charge is 0.254 e. The van der Waals surface area contributed by atoms with Crippen molar-refractivity contribution in [1.82, 2.24) is 5.32 Å². The fourth-order valence-electron chi connectivity index (χ4n) is 2.02. The highest BCUT2D eigenvalue weighted by molar-refractivity contribution is 5.99. The third kappa shape index (κ3) is 5.07. The normalized spacial score (nSPS) is 10.2. The number of anilines is 2. The molecule has 0 aliphatic heterocycles. The molecule has 0 radical (unpaired) electrons. The summed E-state index contributed by atoms with van der Waals surface area (Å²) >= 11 is 0. The molecule has 0 aliphatic carbocycles. The number of carbonyl (C=O) groups is 3. The van der Waals surface area contributed by atoms with Crippen molar-refractivity contribution >= 4 is 29.1 Å². The van der Waals surface area contributed by atoms with Crippen LogP contribution in [0.1, 0.15) is 17.3 Å². The van der Waals surface area contributed by atoms with E-state index < -0.39 is 47.3 Å². The summed E-state index contributed by atoms with van der Waals surface area (Å²) in [6.45, 7) is 0.706. The molecule has 136 valence electrons. The Bertz CT molecular complexity index is 872. The summed E-state index contributed by atoms with van der Waals surface area (Å²) in [5, 5.41) is 6.83. The molecule has 0 saturated carbocycles. The molecule has 0 aromatic heterocycles. The molecular weight excluding hydrogens is 351 g/mol. The number of hydrogen-bond acceptors (Lipinski definition) is 3. The quantitative estimate of drug-likeness (QED) is 0.761. The second-order valence-electron chi connectivity index (χ2n) is 5.23. The maximum Gasteiger partial charge on any atom is 0.254 e. The van der Waals surface area contributed by atoms with Gasteiger partial charge in [0.05, 0.1) is 17.8 Å². The lowest BCUT2D eigenvalue weighted by Crippen LogP contribution is -2.33. The van der Waals surface area contributed by atoms with Crippen LogP contribution in [-0.2, 0) is 9.59 Å². The molecule has 3 N–H and O–H groups in total. The summed E-state index contributed by atoms with van der Waals surface area (Å²) < 4.78 is 39.8. The van der Waals surface area contributed by atoms with Crippen LogP contribution in [0, 0.1) is 17.5 Å². The lowest BCUT2D eigenvalue weighted by atomic mass is 10.2. The monoisotopic (exact) mass is 365 g/mol. The van der Waals surface area contributed by atoms with Crippen molar-refractivity contribution in [2.45, 2.75) is 6.92 Å². The molecule has 0 atom stereocenters. The van der Waals surface area contributed by atoms with Crippen molar-refractivity contribution in [3.8, 4) is 0 Å². The summed E-state index contributed by atoms with van der Waals surface area (Å²) in [7, 11) is 0. The van der Waals surface area contributed by atoms with Crippen LogP contribution in [0.4, 0.5) is 24.5 Å². The first-order valence-electron chi connectivity index (χ1n) is 7.36. The Morgan fingerprint density at radius 1 is 0.923 bits per heavy atom. The molecule has 2 rings (SSSR count). The predicted molar refractivity (Wildman–Crippen MR) is 88.0 cm³/mol. The van der Waals surface area contributed by atoms with Crippen molar-refractivity contribution in [2.24, 2.45) is 0 Å². The summed E-state index contributed by atoms with van der Waals surface area (Å²) in [5.74, 6) is -4.61. The van der Waals surface area contributed by atoms with Crippen LogP contribution < -0.4 is 16.0 Å². The number of halogens is 3. The van der Waals surface area contributed by atoms with Crippen LogP contribution in [0.15, 0.2) is 36.4 Å². The third-order valence-electron chi connectivity index (χ3n) is 3.15. The van der Waals surface area contributed by atoms with Gasteiger partial charge < -0.3 is 16.0 Å². The van der Waals surface area contributed by atoms with E-state index in [-0.39, 0.29) is 11.4 Å². The first-order valence-corrected chi connectivity index (χ1v) is 7.36. The molecule has 3 amide bonds. The topological polar surface area (TPSA) is 87.3 Å². The second kappa shape index (κ2) is 8.15. The van der Waals surface area contributed by atoms with Gasteiger partial charge in [0.15, 0.2) is 0 Å². The highest BCUT2D eigenvalue weighted by atomic mass is 19.1.